The summed E-state index contributed by atoms with van der Waals surface area (Å²) in [6.45, 7) is 13.3. The number of hydrogen-bond donors (Lipinski definition) is 0. The van der Waals surface area contributed by atoms with Gasteiger partial charge in [-0.25, -0.2) is 0 Å². The molecular formula is C27H42ClNO2. The maximum absolute atomic E-state index is 6.76. The van der Waals surface area contributed by atoms with E-state index in [4.69, 9.17) is 9.57 Å². The lowest BCUT2D eigenvalue weighted by atomic mass is 10.0. The van der Waals surface area contributed by atoms with Gasteiger partial charge < -0.3 is 22.0 Å². The van der Waals surface area contributed by atoms with E-state index in [0.717, 1.165) is 25.3 Å². The van der Waals surface area contributed by atoms with Gasteiger partial charge in [-0.15, -0.1) is 4.65 Å². The van der Waals surface area contributed by atoms with E-state index in [2.05, 4.69) is 65.0 Å². The first-order chi connectivity index (χ1) is 14.5. The molecule has 0 fully saturated rings. The summed E-state index contributed by atoms with van der Waals surface area (Å²) in [6.07, 6.45) is 7.57. The number of aryl methyl sites for hydroxylation is 1. The summed E-state index contributed by atoms with van der Waals surface area (Å²) in [5.74, 6) is 0.903. The lowest BCUT2D eigenvalue weighted by Crippen LogP contribution is -3.00. The van der Waals surface area contributed by atoms with Crippen LogP contribution in [0.4, 0.5) is 0 Å². The molecule has 4 heteroatoms. The van der Waals surface area contributed by atoms with Crippen LogP contribution in [0.1, 0.15) is 76.0 Å². The van der Waals surface area contributed by atoms with E-state index in [1.807, 2.05) is 18.2 Å². The molecule has 2 aromatic carbocycles. The summed E-state index contributed by atoms with van der Waals surface area (Å²) < 4.78 is 6.63. The molecule has 31 heavy (non-hydrogen) atoms. The Bertz CT molecular complexity index is 737. The molecule has 2 unspecified atom stereocenters. The number of hydroxylamine groups is 3. The highest BCUT2D eigenvalue weighted by Crippen LogP contribution is 2.28. The standard InChI is InChI=1S/C27H42NO2.ClH/c1-6-8-9-10-11-15-21-28(25(5)29-7-2,30-27-19-13-12-14-20-27)22-26-18-16-17-23(3)24(26)4;/h12-14,16-20,25H,6-11,15,21-22H2,1-5H3;1H/q+1;/p-1. The van der Waals surface area contributed by atoms with Crippen molar-refractivity contribution in [3.05, 3.63) is 65.2 Å². The quantitative estimate of drug-likeness (QED) is 0.185. The molecule has 0 aliphatic carbocycles. The lowest BCUT2D eigenvalue weighted by Gasteiger charge is -2.40. The summed E-state index contributed by atoms with van der Waals surface area (Å²) in [5.41, 5.74) is 4.01. The van der Waals surface area contributed by atoms with Gasteiger partial charge in [0, 0.05) is 18.9 Å². The lowest BCUT2D eigenvalue weighted by molar-refractivity contribution is -1.12. The van der Waals surface area contributed by atoms with E-state index in [0.29, 0.717) is 11.3 Å². The Morgan fingerprint density at radius 1 is 0.839 bits per heavy atom. The van der Waals surface area contributed by atoms with Crippen molar-refractivity contribution in [1.29, 1.82) is 0 Å². The van der Waals surface area contributed by atoms with Crippen LogP contribution in [-0.2, 0) is 11.3 Å². The van der Waals surface area contributed by atoms with Crippen LogP contribution < -0.4 is 17.2 Å². The van der Waals surface area contributed by atoms with Gasteiger partial charge in [-0.2, -0.15) is 0 Å². The number of para-hydroxylation sites is 1. The van der Waals surface area contributed by atoms with E-state index in [1.165, 1.54) is 48.8 Å². The number of benzene rings is 2. The van der Waals surface area contributed by atoms with Crippen LogP contribution >= 0.6 is 0 Å². The smallest absolute Gasteiger partial charge is 0.228 e. The second-order valence-electron chi connectivity index (χ2n) is 8.42. The van der Waals surface area contributed by atoms with Crippen LogP contribution in [0.25, 0.3) is 0 Å². The molecule has 0 aliphatic rings. The predicted molar refractivity (Wildman–Crippen MR) is 126 cm³/mol. The molecule has 3 nitrogen and oxygen atoms in total. The third-order valence-corrected chi connectivity index (χ3v) is 6.15. The number of quaternary nitrogens is 1. The first kappa shape index (κ1) is 27.5. The average molecular weight is 448 g/mol. The second kappa shape index (κ2) is 14.5. The molecule has 0 bridgehead atoms. The second-order valence-corrected chi connectivity index (χ2v) is 8.42. The SMILES string of the molecule is CCCCCCCC[N+](Cc1cccc(C)c1C)(Oc1ccccc1)C(C)OCC.[Cl-]. The number of hydrogen-bond acceptors (Lipinski definition) is 2. The van der Waals surface area contributed by atoms with Crippen LogP contribution in [0.3, 0.4) is 0 Å². The van der Waals surface area contributed by atoms with Gasteiger partial charge in [0.15, 0.2) is 5.75 Å². The van der Waals surface area contributed by atoms with E-state index in [1.54, 1.807) is 0 Å². The van der Waals surface area contributed by atoms with Crippen LogP contribution in [0, 0.1) is 13.8 Å². The molecule has 0 aromatic heterocycles. The zero-order chi connectivity index (χ0) is 21.8. The minimum Gasteiger partial charge on any atom is -1.00 e. The van der Waals surface area contributed by atoms with E-state index < -0.39 is 0 Å². The fourth-order valence-electron chi connectivity index (χ4n) is 4.04. The third kappa shape index (κ3) is 8.48. The van der Waals surface area contributed by atoms with Crippen molar-refractivity contribution in [2.45, 2.75) is 85.9 Å². The zero-order valence-electron chi connectivity index (χ0n) is 20.2. The van der Waals surface area contributed by atoms with Gasteiger partial charge in [0.1, 0.15) is 13.1 Å². The number of rotatable bonds is 14. The van der Waals surface area contributed by atoms with Gasteiger partial charge >= 0.3 is 0 Å². The van der Waals surface area contributed by atoms with Crippen LogP contribution in [0.2, 0.25) is 0 Å². The first-order valence-corrected chi connectivity index (χ1v) is 11.8. The van der Waals surface area contributed by atoms with Gasteiger partial charge in [0.25, 0.3) is 0 Å². The maximum atomic E-state index is 6.76. The van der Waals surface area contributed by atoms with Crippen molar-refractivity contribution in [1.82, 2.24) is 0 Å². The number of ether oxygens (including phenoxy) is 1. The van der Waals surface area contributed by atoms with Crippen LogP contribution in [0.5, 0.6) is 5.75 Å². The van der Waals surface area contributed by atoms with Gasteiger partial charge in [0.2, 0.25) is 6.23 Å². The zero-order valence-corrected chi connectivity index (χ0v) is 21.0. The normalized spacial score (nSPS) is 13.8. The molecule has 0 spiro atoms. The molecule has 0 heterocycles. The summed E-state index contributed by atoms with van der Waals surface area (Å²) in [6, 6.07) is 16.8. The van der Waals surface area contributed by atoms with Crippen molar-refractivity contribution < 1.29 is 26.6 Å². The molecule has 0 aliphatic heterocycles. The minimum atomic E-state index is -0.0502. The minimum absolute atomic E-state index is 0. The van der Waals surface area contributed by atoms with Crippen molar-refractivity contribution >= 4 is 0 Å². The molecule has 2 atom stereocenters. The van der Waals surface area contributed by atoms with Gasteiger partial charge in [0.05, 0.1) is 6.61 Å². The molecule has 2 rings (SSSR count). The predicted octanol–water partition coefficient (Wildman–Crippen LogP) is 4.36. The van der Waals surface area contributed by atoms with Crippen molar-refractivity contribution in [3.8, 4) is 5.75 Å². The van der Waals surface area contributed by atoms with Gasteiger partial charge in [-0.3, -0.25) is 0 Å². The highest BCUT2D eigenvalue weighted by molar-refractivity contribution is 5.32. The highest BCUT2D eigenvalue weighted by Gasteiger charge is 2.39. The fraction of sp³-hybridized carbons (Fsp3) is 0.556. The first-order valence-electron chi connectivity index (χ1n) is 11.8. The molecule has 0 saturated heterocycles. The Morgan fingerprint density at radius 3 is 2.19 bits per heavy atom. The summed E-state index contributed by atoms with van der Waals surface area (Å²) in [7, 11) is 0. The number of unbranched alkanes of at least 4 members (excludes halogenated alkanes) is 5. The highest BCUT2D eigenvalue weighted by atomic mass is 35.5. The number of halogens is 1. The van der Waals surface area contributed by atoms with E-state index in [9.17, 15) is 0 Å². The molecule has 0 saturated carbocycles. The van der Waals surface area contributed by atoms with Crippen molar-refractivity contribution in [2.24, 2.45) is 0 Å². The molecule has 2 aromatic rings. The van der Waals surface area contributed by atoms with Crippen molar-refractivity contribution in [2.75, 3.05) is 13.2 Å². The summed E-state index contributed by atoms with van der Waals surface area (Å²) in [5, 5.41) is 0. The van der Waals surface area contributed by atoms with Crippen LogP contribution in [-0.4, -0.2) is 24.0 Å². The monoisotopic (exact) mass is 447 g/mol. The van der Waals surface area contributed by atoms with Crippen molar-refractivity contribution in [3.63, 3.8) is 0 Å². The third-order valence-electron chi connectivity index (χ3n) is 6.15. The Labute approximate surface area is 196 Å². The fourth-order valence-corrected chi connectivity index (χ4v) is 4.04. The average Bonchev–Trinajstić information content (AvgIpc) is 2.74. The molecular weight excluding hydrogens is 406 g/mol. The topological polar surface area (TPSA) is 18.5 Å². The largest absolute Gasteiger partial charge is 1.00 e. The van der Waals surface area contributed by atoms with Gasteiger partial charge in [-0.1, -0.05) is 69.0 Å². The van der Waals surface area contributed by atoms with E-state index in [-0.39, 0.29) is 18.6 Å². The summed E-state index contributed by atoms with van der Waals surface area (Å²) in [4.78, 5) is 6.76. The Balaban J connectivity index is 0.00000480. The maximum Gasteiger partial charge on any atom is 0.228 e. The Kier molecular flexibility index (Phi) is 12.9. The van der Waals surface area contributed by atoms with Gasteiger partial charge in [-0.05, 0) is 50.5 Å². The molecule has 0 N–H and O–H groups in total. The Morgan fingerprint density at radius 2 is 1.52 bits per heavy atom. The van der Waals surface area contributed by atoms with Crippen LogP contribution in [0.15, 0.2) is 48.5 Å². The molecule has 0 radical (unpaired) electrons. The molecule has 174 valence electrons. The molecule has 0 amide bonds. The Hall–Kier alpha value is -1.55. The summed E-state index contributed by atoms with van der Waals surface area (Å²) >= 11 is 0. The number of nitrogens with zero attached hydrogens (tertiary/aromatic N) is 1. The van der Waals surface area contributed by atoms with E-state index >= 15 is 0 Å².